The number of hydrogen-bond acceptors (Lipinski definition) is 3. The Morgan fingerprint density at radius 1 is 1.12 bits per heavy atom. The molecule has 1 aliphatic rings. The summed E-state index contributed by atoms with van der Waals surface area (Å²) in [5, 5.41) is 20.4. The molecule has 0 saturated heterocycles. The van der Waals surface area contributed by atoms with Gasteiger partial charge >= 0.3 is 6.18 Å². The smallest absolute Gasteiger partial charge is 0.425 e. The Balaban J connectivity index is 2.20. The molecule has 2 N–H and O–H groups in total. The lowest BCUT2D eigenvalue weighted by Crippen LogP contribution is -2.41. The highest BCUT2D eigenvalue weighted by atomic mass is 35.5. The van der Waals surface area contributed by atoms with Crippen LogP contribution in [-0.4, -0.2) is 28.6 Å². The zero-order chi connectivity index (χ0) is 18.6. The van der Waals surface area contributed by atoms with E-state index in [2.05, 4.69) is 0 Å². The third-order valence-corrected chi connectivity index (χ3v) is 4.34. The highest BCUT2D eigenvalue weighted by Crippen LogP contribution is 2.57. The van der Waals surface area contributed by atoms with E-state index in [0.717, 1.165) is 6.07 Å². The second-order valence-electron chi connectivity index (χ2n) is 6.68. The van der Waals surface area contributed by atoms with Crippen LogP contribution in [0.1, 0.15) is 25.0 Å². The predicted octanol–water partition coefficient (Wildman–Crippen LogP) is 4.27. The summed E-state index contributed by atoms with van der Waals surface area (Å²) in [5.74, 6) is 0.0429. The SMILES string of the molecule is CC(C)(O)COc1cc(Cl)c2c(c1)[C@@](O)(C(F)(F)F)c1ccccc1-2. The van der Waals surface area contributed by atoms with E-state index in [0.29, 0.717) is 0 Å². The maximum Gasteiger partial charge on any atom is 0.425 e. The first-order valence-electron chi connectivity index (χ1n) is 7.53. The summed E-state index contributed by atoms with van der Waals surface area (Å²) in [6.45, 7) is 2.87. The van der Waals surface area contributed by atoms with Gasteiger partial charge in [0.2, 0.25) is 5.60 Å². The van der Waals surface area contributed by atoms with Crippen molar-refractivity contribution in [3.05, 3.63) is 52.5 Å². The van der Waals surface area contributed by atoms with Gasteiger partial charge in [-0.25, -0.2) is 0 Å². The fraction of sp³-hybridized carbons (Fsp3) is 0.333. The molecule has 2 aromatic carbocycles. The van der Waals surface area contributed by atoms with Crippen LogP contribution in [0.25, 0.3) is 11.1 Å². The minimum Gasteiger partial charge on any atom is -0.491 e. The van der Waals surface area contributed by atoms with Gasteiger partial charge in [-0.2, -0.15) is 13.2 Å². The molecular weight excluding hydrogens is 357 g/mol. The van der Waals surface area contributed by atoms with Gasteiger partial charge in [-0.3, -0.25) is 0 Å². The molecule has 7 heteroatoms. The van der Waals surface area contributed by atoms with Crippen molar-refractivity contribution in [2.24, 2.45) is 0 Å². The standard InChI is InChI=1S/C18H16ClF3O3/c1-16(2,23)9-25-10-7-13-15(14(19)8-10)11-5-3-4-6-12(11)17(13,24)18(20,21)22/h3-8,23-24H,9H2,1-2H3/t17-/m1/s1. The average molecular weight is 373 g/mol. The van der Waals surface area contributed by atoms with Crippen LogP contribution in [0.2, 0.25) is 5.02 Å². The van der Waals surface area contributed by atoms with Crippen molar-refractivity contribution in [3.63, 3.8) is 0 Å². The lowest BCUT2D eigenvalue weighted by molar-refractivity contribution is -0.246. The van der Waals surface area contributed by atoms with Crippen LogP contribution >= 0.6 is 11.6 Å². The van der Waals surface area contributed by atoms with Crippen molar-refractivity contribution in [1.29, 1.82) is 0 Å². The molecule has 3 rings (SSSR count). The van der Waals surface area contributed by atoms with Crippen LogP contribution in [0.4, 0.5) is 13.2 Å². The molecule has 2 aromatic rings. The van der Waals surface area contributed by atoms with Gasteiger partial charge in [0.1, 0.15) is 12.4 Å². The molecule has 0 aliphatic heterocycles. The minimum atomic E-state index is -4.94. The van der Waals surface area contributed by atoms with Crippen LogP contribution in [0.3, 0.4) is 0 Å². The Hall–Kier alpha value is -1.76. The van der Waals surface area contributed by atoms with Crippen molar-refractivity contribution in [2.75, 3.05) is 6.61 Å². The predicted molar refractivity (Wildman–Crippen MR) is 87.7 cm³/mol. The second-order valence-corrected chi connectivity index (χ2v) is 7.09. The molecule has 3 nitrogen and oxygen atoms in total. The average Bonchev–Trinajstić information content (AvgIpc) is 2.76. The Labute approximate surface area is 147 Å². The number of fused-ring (bicyclic) bond motifs is 3. The summed E-state index contributed by atoms with van der Waals surface area (Å²) in [7, 11) is 0. The molecule has 1 aliphatic carbocycles. The number of halogens is 4. The van der Waals surface area contributed by atoms with E-state index in [1.54, 1.807) is 6.07 Å². The number of aliphatic hydroxyl groups is 2. The van der Waals surface area contributed by atoms with Gasteiger partial charge in [-0.15, -0.1) is 0 Å². The molecule has 1 atom stereocenters. The fourth-order valence-electron chi connectivity index (χ4n) is 2.95. The Morgan fingerprint density at radius 3 is 2.36 bits per heavy atom. The van der Waals surface area contributed by atoms with Crippen molar-refractivity contribution in [2.45, 2.75) is 31.2 Å². The number of rotatable bonds is 3. The highest BCUT2D eigenvalue weighted by molar-refractivity contribution is 6.34. The van der Waals surface area contributed by atoms with Crippen LogP contribution in [-0.2, 0) is 5.60 Å². The maximum absolute atomic E-state index is 13.8. The quantitative estimate of drug-likeness (QED) is 0.846. The van der Waals surface area contributed by atoms with Gasteiger partial charge in [-0.1, -0.05) is 35.9 Å². The van der Waals surface area contributed by atoms with E-state index in [1.165, 1.54) is 38.1 Å². The Kier molecular flexibility index (Phi) is 4.06. The van der Waals surface area contributed by atoms with E-state index < -0.39 is 17.4 Å². The lowest BCUT2D eigenvalue weighted by Gasteiger charge is -2.28. The first-order valence-corrected chi connectivity index (χ1v) is 7.91. The monoisotopic (exact) mass is 372 g/mol. The van der Waals surface area contributed by atoms with Crippen LogP contribution in [0.15, 0.2) is 36.4 Å². The summed E-state index contributed by atoms with van der Waals surface area (Å²) in [4.78, 5) is 0. The van der Waals surface area contributed by atoms with Crippen molar-refractivity contribution >= 4 is 11.6 Å². The van der Waals surface area contributed by atoms with Gasteiger partial charge < -0.3 is 14.9 Å². The van der Waals surface area contributed by atoms with Gasteiger partial charge in [0.15, 0.2) is 0 Å². The molecule has 0 heterocycles. The first kappa shape index (κ1) is 18.0. The molecule has 0 amide bonds. The van der Waals surface area contributed by atoms with Crippen LogP contribution < -0.4 is 4.74 Å². The second kappa shape index (κ2) is 5.62. The van der Waals surface area contributed by atoms with E-state index in [9.17, 15) is 23.4 Å². The normalized spacial score (nSPS) is 19.5. The van der Waals surface area contributed by atoms with E-state index in [4.69, 9.17) is 16.3 Å². The van der Waals surface area contributed by atoms with Gasteiger partial charge in [0, 0.05) is 16.7 Å². The molecule has 134 valence electrons. The third kappa shape index (κ3) is 2.88. The summed E-state index contributed by atoms with van der Waals surface area (Å²) >= 11 is 6.21. The van der Waals surface area contributed by atoms with Gasteiger partial charge in [-0.05, 0) is 31.5 Å². The molecule has 0 bridgehead atoms. The molecule has 0 fully saturated rings. The minimum absolute atomic E-state index is 0.0378. The first-order chi connectivity index (χ1) is 11.4. The highest BCUT2D eigenvalue weighted by Gasteiger charge is 2.61. The zero-order valence-electron chi connectivity index (χ0n) is 13.5. The van der Waals surface area contributed by atoms with Crippen molar-refractivity contribution in [3.8, 4) is 16.9 Å². The molecule has 0 aromatic heterocycles. The number of ether oxygens (including phenoxy) is 1. The number of alkyl halides is 3. The van der Waals surface area contributed by atoms with Gasteiger partial charge in [0.05, 0.1) is 10.6 Å². The van der Waals surface area contributed by atoms with Crippen molar-refractivity contribution in [1.82, 2.24) is 0 Å². The van der Waals surface area contributed by atoms with Crippen LogP contribution in [0, 0.1) is 0 Å². The number of hydrogen-bond donors (Lipinski definition) is 2. The Bertz CT molecular complexity index is 827. The summed E-state index contributed by atoms with van der Waals surface area (Å²) < 4.78 is 46.7. The van der Waals surface area contributed by atoms with Gasteiger partial charge in [0.25, 0.3) is 0 Å². The summed E-state index contributed by atoms with van der Waals surface area (Å²) in [6.07, 6.45) is -4.94. The topological polar surface area (TPSA) is 49.7 Å². The molecular formula is C18H16ClF3O3. The molecule has 25 heavy (non-hydrogen) atoms. The molecule has 0 saturated carbocycles. The maximum atomic E-state index is 13.8. The fourth-order valence-corrected chi connectivity index (χ4v) is 3.26. The molecule has 0 radical (unpaired) electrons. The lowest BCUT2D eigenvalue weighted by atomic mass is 9.90. The summed E-state index contributed by atoms with van der Waals surface area (Å²) in [6, 6.07) is 8.24. The van der Waals surface area contributed by atoms with E-state index >= 15 is 0 Å². The van der Waals surface area contributed by atoms with E-state index in [-0.39, 0.29) is 39.6 Å². The van der Waals surface area contributed by atoms with E-state index in [1.807, 2.05) is 0 Å². The molecule has 0 unspecified atom stereocenters. The Morgan fingerprint density at radius 2 is 1.76 bits per heavy atom. The third-order valence-electron chi connectivity index (χ3n) is 4.04. The zero-order valence-corrected chi connectivity index (χ0v) is 14.2. The molecule has 0 spiro atoms. The van der Waals surface area contributed by atoms with Crippen LogP contribution in [0.5, 0.6) is 5.75 Å². The number of benzene rings is 2. The van der Waals surface area contributed by atoms with Crippen molar-refractivity contribution < 1.29 is 28.1 Å². The summed E-state index contributed by atoms with van der Waals surface area (Å²) in [5.41, 5.74) is -4.62. The largest absolute Gasteiger partial charge is 0.491 e.